The van der Waals surface area contributed by atoms with E-state index in [2.05, 4.69) is 4.98 Å². The van der Waals surface area contributed by atoms with Gasteiger partial charge in [0.05, 0.1) is 5.02 Å². The van der Waals surface area contributed by atoms with Gasteiger partial charge in [-0.3, -0.25) is 4.79 Å². The van der Waals surface area contributed by atoms with E-state index < -0.39 is 0 Å². The molecule has 96 valence electrons. The first kappa shape index (κ1) is 11.8. The molecule has 2 heterocycles. The molecule has 5 heteroatoms. The second kappa shape index (κ2) is 4.12. The van der Waals surface area contributed by atoms with Crippen LogP contribution in [0.2, 0.25) is 5.02 Å². The molecule has 4 nitrogen and oxygen atoms in total. The number of hydrogen-bond donors (Lipinski definition) is 1. The smallest absolute Gasteiger partial charge is 0.276 e. The van der Waals surface area contributed by atoms with Gasteiger partial charge in [-0.2, -0.15) is 0 Å². The van der Waals surface area contributed by atoms with Crippen molar-refractivity contribution in [3.8, 4) is 5.75 Å². The van der Waals surface area contributed by atoms with Gasteiger partial charge in [0, 0.05) is 25.4 Å². The molecule has 1 N–H and O–H groups in total. The Morgan fingerprint density at radius 3 is 2.78 bits per heavy atom. The van der Waals surface area contributed by atoms with E-state index in [1.165, 1.54) is 31.5 Å². The van der Waals surface area contributed by atoms with Crippen LogP contribution >= 0.6 is 11.6 Å². The van der Waals surface area contributed by atoms with Gasteiger partial charge in [-0.15, -0.1) is 0 Å². The van der Waals surface area contributed by atoms with E-state index in [0.717, 1.165) is 19.5 Å². The molecule has 2 fully saturated rings. The Morgan fingerprint density at radius 2 is 2.22 bits per heavy atom. The minimum atomic E-state index is -0.187. The Morgan fingerprint density at radius 1 is 1.44 bits per heavy atom. The van der Waals surface area contributed by atoms with Crippen molar-refractivity contribution in [2.45, 2.75) is 25.7 Å². The summed E-state index contributed by atoms with van der Waals surface area (Å²) in [6.45, 7) is 1.57. The molecule has 0 bridgehead atoms. The summed E-state index contributed by atoms with van der Waals surface area (Å²) in [5.41, 5.74) is 0.466. The maximum atomic E-state index is 12.3. The van der Waals surface area contributed by atoms with Gasteiger partial charge in [-0.1, -0.05) is 18.0 Å². The normalized spacial score (nSPS) is 21.1. The Kier molecular flexibility index (Phi) is 2.70. The number of carbonyl (C=O) groups is 1. The van der Waals surface area contributed by atoms with Crippen LogP contribution in [0.1, 0.15) is 36.2 Å². The third-order valence-corrected chi connectivity index (χ3v) is 4.38. The van der Waals surface area contributed by atoms with E-state index in [0.29, 0.717) is 10.4 Å². The summed E-state index contributed by atoms with van der Waals surface area (Å²) in [6, 6.07) is 1.36. The first-order valence-electron chi connectivity index (χ1n) is 6.23. The largest absolute Gasteiger partial charge is 0.505 e. The standard InChI is InChI=1S/C13H15ClN2O2/c14-9-6-10(17)11(15-7-9)12(18)16-5-4-13(8-16)2-1-3-13/h6-7,17H,1-5,8H2. The van der Waals surface area contributed by atoms with Crippen LogP contribution in [-0.4, -0.2) is 34.0 Å². The maximum absolute atomic E-state index is 12.3. The van der Waals surface area contributed by atoms with Crippen LogP contribution < -0.4 is 0 Å². The molecular weight excluding hydrogens is 252 g/mol. The summed E-state index contributed by atoms with van der Waals surface area (Å²) in [7, 11) is 0. The van der Waals surface area contributed by atoms with E-state index >= 15 is 0 Å². The number of aromatic nitrogens is 1. The number of amides is 1. The zero-order chi connectivity index (χ0) is 12.8. The van der Waals surface area contributed by atoms with Crippen molar-refractivity contribution in [3.63, 3.8) is 0 Å². The number of nitrogens with zero attached hydrogens (tertiary/aromatic N) is 2. The number of pyridine rings is 1. The van der Waals surface area contributed by atoms with Gasteiger partial charge in [0.1, 0.15) is 5.75 Å². The van der Waals surface area contributed by atoms with Gasteiger partial charge >= 0.3 is 0 Å². The summed E-state index contributed by atoms with van der Waals surface area (Å²) < 4.78 is 0. The van der Waals surface area contributed by atoms with Crippen molar-refractivity contribution in [3.05, 3.63) is 23.0 Å². The minimum Gasteiger partial charge on any atom is -0.505 e. The average molecular weight is 267 g/mol. The number of likely N-dealkylation sites (tertiary alicyclic amines) is 1. The maximum Gasteiger partial charge on any atom is 0.276 e. The topological polar surface area (TPSA) is 53.4 Å². The van der Waals surface area contributed by atoms with Crippen LogP contribution in [0.4, 0.5) is 0 Å². The van der Waals surface area contributed by atoms with Crippen molar-refractivity contribution < 1.29 is 9.90 Å². The fourth-order valence-electron chi connectivity index (χ4n) is 2.94. The molecule has 0 unspecified atom stereocenters. The van der Waals surface area contributed by atoms with E-state index in [-0.39, 0.29) is 17.4 Å². The molecule has 1 spiro atoms. The molecule has 1 saturated heterocycles. The van der Waals surface area contributed by atoms with Crippen LogP contribution in [0.5, 0.6) is 5.75 Å². The summed E-state index contributed by atoms with van der Waals surface area (Å²) >= 11 is 5.71. The first-order valence-corrected chi connectivity index (χ1v) is 6.61. The summed E-state index contributed by atoms with van der Waals surface area (Å²) in [5.74, 6) is -0.324. The summed E-state index contributed by atoms with van der Waals surface area (Å²) in [6.07, 6.45) is 6.18. The van der Waals surface area contributed by atoms with E-state index in [9.17, 15) is 9.90 Å². The van der Waals surface area contributed by atoms with Crippen LogP contribution in [0.3, 0.4) is 0 Å². The molecular formula is C13H15ClN2O2. The van der Waals surface area contributed by atoms with Crippen LogP contribution in [-0.2, 0) is 0 Å². The van der Waals surface area contributed by atoms with Gasteiger partial charge in [0.15, 0.2) is 5.69 Å². The molecule has 1 aromatic rings. The highest BCUT2D eigenvalue weighted by molar-refractivity contribution is 6.30. The third kappa shape index (κ3) is 1.85. The molecule has 1 amide bonds. The molecule has 1 aliphatic carbocycles. The molecule has 3 rings (SSSR count). The lowest BCUT2D eigenvalue weighted by atomic mass is 9.68. The van der Waals surface area contributed by atoms with Crippen LogP contribution in [0.15, 0.2) is 12.3 Å². The molecule has 18 heavy (non-hydrogen) atoms. The van der Waals surface area contributed by atoms with Gasteiger partial charge in [0.2, 0.25) is 0 Å². The van der Waals surface area contributed by atoms with Crippen LogP contribution in [0, 0.1) is 5.41 Å². The average Bonchev–Trinajstić information content (AvgIpc) is 2.73. The van der Waals surface area contributed by atoms with E-state index in [1.807, 2.05) is 0 Å². The number of halogens is 1. The zero-order valence-corrected chi connectivity index (χ0v) is 10.8. The van der Waals surface area contributed by atoms with Gasteiger partial charge < -0.3 is 10.0 Å². The predicted octanol–water partition coefficient (Wildman–Crippen LogP) is 2.46. The molecule has 0 aromatic carbocycles. The number of hydrogen-bond acceptors (Lipinski definition) is 3. The van der Waals surface area contributed by atoms with Gasteiger partial charge in [-0.05, 0) is 24.7 Å². The monoisotopic (exact) mass is 266 g/mol. The lowest BCUT2D eigenvalue weighted by Crippen LogP contribution is -2.36. The van der Waals surface area contributed by atoms with E-state index in [4.69, 9.17) is 11.6 Å². The predicted molar refractivity (Wildman–Crippen MR) is 67.7 cm³/mol. The lowest BCUT2D eigenvalue weighted by molar-refractivity contribution is 0.0723. The highest BCUT2D eigenvalue weighted by Gasteiger charge is 2.44. The van der Waals surface area contributed by atoms with Crippen LogP contribution in [0.25, 0.3) is 0 Å². The fraction of sp³-hybridized carbons (Fsp3) is 0.538. The Bertz CT molecular complexity index is 500. The Labute approximate surface area is 111 Å². The molecule has 1 aliphatic heterocycles. The first-order chi connectivity index (χ1) is 8.60. The zero-order valence-electron chi connectivity index (χ0n) is 10.0. The third-order valence-electron chi connectivity index (χ3n) is 4.18. The number of rotatable bonds is 1. The Balaban J connectivity index is 1.78. The van der Waals surface area contributed by atoms with Crippen molar-refractivity contribution in [2.24, 2.45) is 5.41 Å². The van der Waals surface area contributed by atoms with Crippen molar-refractivity contribution in [1.29, 1.82) is 0 Å². The fourth-order valence-corrected chi connectivity index (χ4v) is 3.09. The highest BCUT2D eigenvalue weighted by Crippen LogP contribution is 2.48. The lowest BCUT2D eigenvalue weighted by Gasteiger charge is -2.37. The highest BCUT2D eigenvalue weighted by atomic mass is 35.5. The molecule has 0 atom stereocenters. The molecule has 0 radical (unpaired) electrons. The van der Waals surface area contributed by atoms with E-state index in [1.54, 1.807) is 4.90 Å². The number of aromatic hydroxyl groups is 1. The minimum absolute atomic E-state index is 0.107. The molecule has 1 saturated carbocycles. The summed E-state index contributed by atoms with van der Waals surface area (Å²) in [4.78, 5) is 18.0. The van der Waals surface area contributed by atoms with Crippen molar-refractivity contribution in [1.82, 2.24) is 9.88 Å². The van der Waals surface area contributed by atoms with Crippen molar-refractivity contribution >= 4 is 17.5 Å². The number of carbonyl (C=O) groups excluding carboxylic acids is 1. The SMILES string of the molecule is O=C(c1ncc(Cl)cc1O)N1CCC2(CCC2)C1. The second-order valence-corrected chi connectivity index (χ2v) is 5.79. The quantitative estimate of drug-likeness (QED) is 0.850. The second-order valence-electron chi connectivity index (χ2n) is 5.35. The molecule has 1 aromatic heterocycles. The Hall–Kier alpha value is -1.29. The van der Waals surface area contributed by atoms with Gasteiger partial charge in [-0.25, -0.2) is 4.98 Å². The van der Waals surface area contributed by atoms with Gasteiger partial charge in [0.25, 0.3) is 5.91 Å². The molecule has 2 aliphatic rings. The summed E-state index contributed by atoms with van der Waals surface area (Å²) in [5, 5.41) is 10.1. The van der Waals surface area contributed by atoms with Crippen molar-refractivity contribution in [2.75, 3.05) is 13.1 Å².